The van der Waals surface area contributed by atoms with Crippen LogP contribution in [0, 0.1) is 0 Å². The number of likely N-dealkylation sites (N-methyl/N-ethyl adjacent to an activating group) is 1. The van der Waals surface area contributed by atoms with Crippen molar-refractivity contribution in [2.75, 3.05) is 6.54 Å². The molecule has 0 saturated carbocycles. The zero-order valence-corrected chi connectivity index (χ0v) is 13.8. The average Bonchev–Trinajstić information content (AvgIpc) is 2.84. The van der Waals surface area contributed by atoms with Crippen LogP contribution in [-0.4, -0.2) is 6.54 Å². The van der Waals surface area contributed by atoms with E-state index in [4.69, 9.17) is 0 Å². The minimum absolute atomic E-state index is 0.114. The minimum Gasteiger partial charge on any atom is -0.309 e. The van der Waals surface area contributed by atoms with Gasteiger partial charge in [0.2, 0.25) is 0 Å². The molecule has 0 spiro atoms. The first-order valence-corrected chi connectivity index (χ1v) is 8.21. The van der Waals surface area contributed by atoms with Gasteiger partial charge in [-0.2, -0.15) is 13.2 Å². The molecular weight excluding hydrogens is 363 g/mol. The molecule has 0 aliphatic heterocycles. The Hall–Kier alpha value is -0.850. The normalized spacial score (nSPS) is 13.4. The number of benzene rings is 1. The highest BCUT2D eigenvalue weighted by Crippen LogP contribution is 2.31. The van der Waals surface area contributed by atoms with Crippen LogP contribution in [0.25, 0.3) is 0 Å². The van der Waals surface area contributed by atoms with Crippen molar-refractivity contribution in [1.29, 1.82) is 0 Å². The summed E-state index contributed by atoms with van der Waals surface area (Å²) in [6.45, 7) is 2.82. The molecule has 0 fully saturated rings. The predicted octanol–water partition coefficient (Wildman–Crippen LogP) is 5.42. The molecule has 2 aromatic rings. The third kappa shape index (κ3) is 4.56. The van der Waals surface area contributed by atoms with E-state index in [0.29, 0.717) is 6.42 Å². The van der Waals surface area contributed by atoms with Crippen LogP contribution in [0.15, 0.2) is 40.2 Å². The van der Waals surface area contributed by atoms with E-state index in [1.807, 2.05) is 18.4 Å². The van der Waals surface area contributed by atoms with E-state index in [2.05, 4.69) is 21.2 Å². The largest absolute Gasteiger partial charge is 0.416 e. The molecule has 0 saturated heterocycles. The van der Waals surface area contributed by atoms with Gasteiger partial charge in [-0.15, -0.1) is 11.3 Å². The first kappa shape index (κ1) is 16.5. The van der Waals surface area contributed by atoms with Gasteiger partial charge in [0.25, 0.3) is 0 Å². The summed E-state index contributed by atoms with van der Waals surface area (Å²) in [6, 6.07) is 7.54. The highest BCUT2D eigenvalue weighted by molar-refractivity contribution is 9.10. The maximum absolute atomic E-state index is 12.6. The number of hydrogen-bond acceptors (Lipinski definition) is 2. The molecule has 1 aromatic heterocycles. The van der Waals surface area contributed by atoms with Gasteiger partial charge in [-0.3, -0.25) is 0 Å². The van der Waals surface area contributed by atoms with Crippen molar-refractivity contribution in [2.24, 2.45) is 0 Å². The zero-order chi connectivity index (χ0) is 15.5. The van der Waals surface area contributed by atoms with E-state index in [9.17, 15) is 13.2 Å². The molecule has 0 radical (unpaired) electrons. The van der Waals surface area contributed by atoms with Gasteiger partial charge >= 0.3 is 6.18 Å². The van der Waals surface area contributed by atoms with Crippen LogP contribution >= 0.6 is 27.3 Å². The Morgan fingerprint density at radius 2 is 1.90 bits per heavy atom. The number of alkyl halides is 3. The summed E-state index contributed by atoms with van der Waals surface area (Å²) in [5, 5.41) is 5.38. The fraction of sp³-hybridized carbons (Fsp3) is 0.333. The Kier molecular flexibility index (Phi) is 5.46. The highest BCUT2D eigenvalue weighted by atomic mass is 79.9. The number of halogens is 4. The van der Waals surface area contributed by atoms with Crippen LogP contribution in [-0.2, 0) is 12.6 Å². The number of hydrogen-bond donors (Lipinski definition) is 1. The molecule has 1 aromatic carbocycles. The lowest BCUT2D eigenvalue weighted by molar-refractivity contribution is -0.137. The molecular formula is C15H15BrF3NS. The highest BCUT2D eigenvalue weighted by Gasteiger charge is 2.30. The van der Waals surface area contributed by atoms with Crippen molar-refractivity contribution in [3.63, 3.8) is 0 Å². The molecule has 1 heterocycles. The van der Waals surface area contributed by atoms with Crippen molar-refractivity contribution < 1.29 is 13.2 Å². The molecule has 0 aliphatic carbocycles. The van der Waals surface area contributed by atoms with Crippen LogP contribution in [0.5, 0.6) is 0 Å². The monoisotopic (exact) mass is 377 g/mol. The molecule has 21 heavy (non-hydrogen) atoms. The first-order valence-electron chi connectivity index (χ1n) is 6.53. The Morgan fingerprint density at radius 3 is 2.38 bits per heavy atom. The molecule has 1 nitrogen and oxygen atoms in total. The van der Waals surface area contributed by atoms with E-state index < -0.39 is 11.7 Å². The molecule has 6 heteroatoms. The van der Waals surface area contributed by atoms with Gasteiger partial charge in [-0.25, -0.2) is 0 Å². The third-order valence-corrected chi connectivity index (χ3v) is 4.91. The van der Waals surface area contributed by atoms with Gasteiger partial charge < -0.3 is 5.32 Å². The molecule has 114 valence electrons. The van der Waals surface area contributed by atoms with Gasteiger partial charge in [-0.05, 0) is 52.7 Å². The molecule has 0 amide bonds. The lowest BCUT2D eigenvalue weighted by Crippen LogP contribution is -2.22. The molecule has 2 rings (SSSR count). The summed E-state index contributed by atoms with van der Waals surface area (Å²) in [6.07, 6.45) is -3.61. The van der Waals surface area contributed by atoms with E-state index in [1.165, 1.54) is 4.88 Å². The van der Waals surface area contributed by atoms with Gasteiger partial charge in [0, 0.05) is 20.8 Å². The van der Waals surface area contributed by atoms with E-state index in [1.54, 1.807) is 23.5 Å². The maximum Gasteiger partial charge on any atom is 0.416 e. The molecule has 1 N–H and O–H groups in total. The lowest BCUT2D eigenvalue weighted by Gasteiger charge is -2.17. The Bertz CT molecular complexity index is 577. The lowest BCUT2D eigenvalue weighted by atomic mass is 10.0. The van der Waals surface area contributed by atoms with E-state index in [-0.39, 0.29) is 6.04 Å². The Labute approximate surface area is 134 Å². The first-order chi connectivity index (χ1) is 9.90. The molecule has 1 unspecified atom stereocenters. The number of rotatable bonds is 5. The van der Waals surface area contributed by atoms with Gasteiger partial charge in [-0.1, -0.05) is 19.1 Å². The SMILES string of the molecule is CCNC(Cc1ccc(C(F)(F)F)cc1)c1cc(Br)cs1. The second kappa shape index (κ2) is 6.94. The summed E-state index contributed by atoms with van der Waals surface area (Å²) >= 11 is 5.06. The zero-order valence-electron chi connectivity index (χ0n) is 11.4. The summed E-state index contributed by atoms with van der Waals surface area (Å²) in [4.78, 5) is 1.17. The van der Waals surface area contributed by atoms with Crippen molar-refractivity contribution >= 4 is 27.3 Å². The third-order valence-electron chi connectivity index (χ3n) is 3.10. The van der Waals surface area contributed by atoms with Crippen LogP contribution in [0.1, 0.15) is 29.0 Å². The van der Waals surface area contributed by atoms with Gasteiger partial charge in [0.15, 0.2) is 0 Å². The fourth-order valence-electron chi connectivity index (χ4n) is 2.10. The maximum atomic E-state index is 12.6. The summed E-state index contributed by atoms with van der Waals surface area (Å²) in [5.41, 5.74) is 0.281. The molecule has 0 bridgehead atoms. The predicted molar refractivity (Wildman–Crippen MR) is 83.6 cm³/mol. The minimum atomic E-state index is -4.28. The van der Waals surface area contributed by atoms with Crippen LogP contribution in [0.3, 0.4) is 0 Å². The summed E-state index contributed by atoms with van der Waals surface area (Å²) in [5.74, 6) is 0. The Morgan fingerprint density at radius 1 is 1.24 bits per heavy atom. The van der Waals surface area contributed by atoms with Crippen LogP contribution in [0.4, 0.5) is 13.2 Å². The van der Waals surface area contributed by atoms with Crippen molar-refractivity contribution in [1.82, 2.24) is 5.32 Å². The van der Waals surface area contributed by atoms with Crippen molar-refractivity contribution in [2.45, 2.75) is 25.6 Å². The molecule has 1 atom stereocenters. The van der Waals surface area contributed by atoms with Crippen molar-refractivity contribution in [3.05, 3.63) is 56.2 Å². The van der Waals surface area contributed by atoms with Crippen molar-refractivity contribution in [3.8, 4) is 0 Å². The summed E-state index contributed by atoms with van der Waals surface area (Å²) < 4.78 is 38.7. The second-order valence-electron chi connectivity index (χ2n) is 4.68. The standard InChI is InChI=1S/C15H15BrF3NS/c1-2-20-13(14-8-12(16)9-21-14)7-10-3-5-11(6-4-10)15(17,18)19/h3-6,8-9,13,20H,2,7H2,1H3. The quantitative estimate of drug-likeness (QED) is 0.732. The van der Waals surface area contributed by atoms with E-state index in [0.717, 1.165) is 28.7 Å². The summed E-state index contributed by atoms with van der Waals surface area (Å²) in [7, 11) is 0. The smallest absolute Gasteiger partial charge is 0.309 e. The topological polar surface area (TPSA) is 12.0 Å². The van der Waals surface area contributed by atoms with Gasteiger partial charge in [0.1, 0.15) is 0 Å². The van der Waals surface area contributed by atoms with E-state index >= 15 is 0 Å². The molecule has 0 aliphatic rings. The van der Waals surface area contributed by atoms with Crippen LogP contribution < -0.4 is 5.32 Å². The Balaban J connectivity index is 2.14. The average molecular weight is 378 g/mol. The number of thiophene rings is 1. The fourth-order valence-corrected chi connectivity index (χ4v) is 3.62. The number of nitrogens with one attached hydrogen (secondary N) is 1. The van der Waals surface area contributed by atoms with Gasteiger partial charge in [0.05, 0.1) is 5.56 Å². The van der Waals surface area contributed by atoms with Crippen LogP contribution in [0.2, 0.25) is 0 Å². The second-order valence-corrected chi connectivity index (χ2v) is 6.53.